The van der Waals surface area contributed by atoms with Gasteiger partial charge in [-0.3, -0.25) is 9.88 Å². The van der Waals surface area contributed by atoms with Crippen LogP contribution < -0.4 is 0 Å². The number of hydrogen-bond donors (Lipinski definition) is 0. The van der Waals surface area contributed by atoms with Gasteiger partial charge in [0.1, 0.15) is 0 Å². The van der Waals surface area contributed by atoms with Gasteiger partial charge in [-0.05, 0) is 18.2 Å². The molecule has 0 aliphatic carbocycles. The fraction of sp³-hybridized carbons (Fsp3) is 0.389. The standard InChI is InChI=1S/C18H22N6/c1-2-22-7-9-23(10-8-22)13-15-3-4-17(19-11-15)16-12-20-18-5-6-21-24(18)14-16/h3-6,11-12,14H,2,7-10,13H2,1H3. The molecule has 0 atom stereocenters. The van der Waals surface area contributed by atoms with Crippen molar-refractivity contribution in [1.29, 1.82) is 0 Å². The first-order valence-electron chi connectivity index (χ1n) is 8.51. The second kappa shape index (κ2) is 6.67. The van der Waals surface area contributed by atoms with Crippen molar-refractivity contribution < 1.29 is 0 Å². The summed E-state index contributed by atoms with van der Waals surface area (Å²) in [4.78, 5) is 14.0. The maximum Gasteiger partial charge on any atom is 0.154 e. The molecular formula is C18H22N6. The number of piperazine rings is 1. The third-order valence-corrected chi connectivity index (χ3v) is 4.69. The zero-order chi connectivity index (χ0) is 16.4. The molecule has 4 rings (SSSR count). The van der Waals surface area contributed by atoms with Crippen LogP contribution in [0.2, 0.25) is 0 Å². The molecule has 1 fully saturated rings. The number of pyridine rings is 1. The Balaban J connectivity index is 1.44. The van der Waals surface area contributed by atoms with Gasteiger partial charge in [0.25, 0.3) is 0 Å². The first-order chi connectivity index (χ1) is 11.8. The lowest BCUT2D eigenvalue weighted by Crippen LogP contribution is -2.45. The van der Waals surface area contributed by atoms with Crippen LogP contribution in [0.25, 0.3) is 16.9 Å². The zero-order valence-corrected chi connectivity index (χ0v) is 14.0. The van der Waals surface area contributed by atoms with Crippen LogP contribution in [-0.4, -0.2) is 62.1 Å². The molecule has 24 heavy (non-hydrogen) atoms. The van der Waals surface area contributed by atoms with Gasteiger partial charge in [-0.15, -0.1) is 0 Å². The lowest BCUT2D eigenvalue weighted by molar-refractivity contribution is 0.132. The highest BCUT2D eigenvalue weighted by atomic mass is 15.3. The predicted octanol–water partition coefficient (Wildman–Crippen LogP) is 1.93. The zero-order valence-electron chi connectivity index (χ0n) is 14.0. The minimum Gasteiger partial charge on any atom is -0.301 e. The topological polar surface area (TPSA) is 49.6 Å². The molecule has 124 valence electrons. The monoisotopic (exact) mass is 322 g/mol. The third-order valence-electron chi connectivity index (χ3n) is 4.69. The van der Waals surface area contributed by atoms with E-state index in [4.69, 9.17) is 0 Å². The van der Waals surface area contributed by atoms with Crippen molar-refractivity contribution in [2.75, 3.05) is 32.7 Å². The normalized spacial score (nSPS) is 16.7. The summed E-state index contributed by atoms with van der Waals surface area (Å²) in [5.74, 6) is 0. The summed E-state index contributed by atoms with van der Waals surface area (Å²) < 4.78 is 1.78. The first kappa shape index (κ1) is 15.2. The van der Waals surface area contributed by atoms with Gasteiger partial charge in [-0.25, -0.2) is 9.50 Å². The fourth-order valence-electron chi connectivity index (χ4n) is 3.15. The quantitative estimate of drug-likeness (QED) is 0.734. The molecule has 0 radical (unpaired) electrons. The van der Waals surface area contributed by atoms with Crippen molar-refractivity contribution in [2.45, 2.75) is 13.5 Å². The van der Waals surface area contributed by atoms with E-state index in [1.807, 2.05) is 24.7 Å². The summed E-state index contributed by atoms with van der Waals surface area (Å²) in [7, 11) is 0. The Labute approximate surface area is 141 Å². The van der Waals surface area contributed by atoms with Gasteiger partial charge in [-0.2, -0.15) is 5.10 Å². The van der Waals surface area contributed by atoms with Crippen molar-refractivity contribution in [3.8, 4) is 11.3 Å². The Bertz CT molecular complexity index is 802. The molecule has 0 amide bonds. The lowest BCUT2D eigenvalue weighted by Gasteiger charge is -2.33. The van der Waals surface area contributed by atoms with Crippen LogP contribution >= 0.6 is 0 Å². The van der Waals surface area contributed by atoms with Gasteiger partial charge < -0.3 is 4.90 Å². The van der Waals surface area contributed by atoms with Crippen molar-refractivity contribution in [3.63, 3.8) is 0 Å². The van der Waals surface area contributed by atoms with E-state index < -0.39 is 0 Å². The van der Waals surface area contributed by atoms with Crippen molar-refractivity contribution in [3.05, 3.63) is 48.5 Å². The van der Waals surface area contributed by atoms with Gasteiger partial charge in [0, 0.05) is 62.9 Å². The number of fused-ring (bicyclic) bond motifs is 1. The second-order valence-corrected chi connectivity index (χ2v) is 6.24. The van der Waals surface area contributed by atoms with E-state index in [9.17, 15) is 0 Å². The number of likely N-dealkylation sites (N-methyl/N-ethyl adjacent to an activating group) is 1. The SMILES string of the molecule is CCN1CCN(Cc2ccc(-c3cnc4ccnn4c3)nc2)CC1. The van der Waals surface area contributed by atoms with Gasteiger partial charge >= 0.3 is 0 Å². The van der Waals surface area contributed by atoms with E-state index >= 15 is 0 Å². The highest BCUT2D eigenvalue weighted by molar-refractivity contribution is 5.58. The molecule has 3 aromatic heterocycles. The summed E-state index contributed by atoms with van der Waals surface area (Å²) in [6.07, 6.45) is 7.55. The van der Waals surface area contributed by atoms with E-state index in [1.54, 1.807) is 10.7 Å². The number of hydrogen-bond acceptors (Lipinski definition) is 5. The summed E-state index contributed by atoms with van der Waals surface area (Å²) >= 11 is 0. The first-order valence-corrected chi connectivity index (χ1v) is 8.51. The smallest absolute Gasteiger partial charge is 0.154 e. The number of rotatable bonds is 4. The molecule has 1 aliphatic heterocycles. The van der Waals surface area contributed by atoms with Crippen molar-refractivity contribution >= 4 is 5.65 Å². The van der Waals surface area contributed by atoms with E-state index in [0.717, 1.165) is 56.2 Å². The number of nitrogens with zero attached hydrogens (tertiary/aromatic N) is 6. The highest BCUT2D eigenvalue weighted by Crippen LogP contribution is 2.17. The van der Waals surface area contributed by atoms with Gasteiger partial charge in [-0.1, -0.05) is 13.0 Å². The Kier molecular flexibility index (Phi) is 4.23. The Morgan fingerprint density at radius 1 is 0.958 bits per heavy atom. The molecular weight excluding hydrogens is 300 g/mol. The van der Waals surface area contributed by atoms with Crippen LogP contribution in [0.4, 0.5) is 0 Å². The average Bonchev–Trinajstić information content (AvgIpc) is 3.11. The molecule has 4 heterocycles. The summed E-state index contributed by atoms with van der Waals surface area (Å²) in [5.41, 5.74) is 4.02. The highest BCUT2D eigenvalue weighted by Gasteiger charge is 2.15. The Morgan fingerprint density at radius 2 is 1.79 bits per heavy atom. The van der Waals surface area contributed by atoms with E-state index in [0.29, 0.717) is 0 Å². The third kappa shape index (κ3) is 3.16. The Morgan fingerprint density at radius 3 is 2.54 bits per heavy atom. The molecule has 0 aromatic carbocycles. The van der Waals surface area contributed by atoms with E-state index in [2.05, 4.69) is 43.9 Å². The van der Waals surface area contributed by atoms with Crippen LogP contribution in [0.1, 0.15) is 12.5 Å². The molecule has 6 nitrogen and oxygen atoms in total. The molecule has 0 unspecified atom stereocenters. The van der Waals surface area contributed by atoms with E-state index in [1.165, 1.54) is 5.56 Å². The molecule has 3 aromatic rings. The predicted molar refractivity (Wildman–Crippen MR) is 93.6 cm³/mol. The van der Waals surface area contributed by atoms with Crippen LogP contribution in [0.5, 0.6) is 0 Å². The molecule has 1 aliphatic rings. The fourth-order valence-corrected chi connectivity index (χ4v) is 3.15. The minimum absolute atomic E-state index is 0.849. The lowest BCUT2D eigenvalue weighted by atomic mass is 10.1. The second-order valence-electron chi connectivity index (χ2n) is 6.24. The minimum atomic E-state index is 0.849. The maximum atomic E-state index is 4.62. The van der Waals surface area contributed by atoms with Crippen LogP contribution in [0.3, 0.4) is 0 Å². The van der Waals surface area contributed by atoms with Gasteiger partial charge in [0.15, 0.2) is 5.65 Å². The average molecular weight is 322 g/mol. The van der Waals surface area contributed by atoms with Gasteiger partial charge in [0.2, 0.25) is 0 Å². The summed E-state index contributed by atoms with van der Waals surface area (Å²) in [5, 5.41) is 4.23. The molecule has 1 saturated heterocycles. The van der Waals surface area contributed by atoms with Crippen molar-refractivity contribution in [1.82, 2.24) is 29.4 Å². The maximum absolute atomic E-state index is 4.62. The largest absolute Gasteiger partial charge is 0.301 e. The molecule has 0 saturated carbocycles. The summed E-state index contributed by atoms with van der Waals surface area (Å²) in [6, 6.07) is 6.13. The van der Waals surface area contributed by atoms with Gasteiger partial charge in [0.05, 0.1) is 11.9 Å². The molecule has 6 heteroatoms. The molecule has 0 N–H and O–H groups in total. The molecule has 0 spiro atoms. The van der Waals surface area contributed by atoms with Crippen LogP contribution in [0.15, 0.2) is 43.0 Å². The number of aromatic nitrogens is 4. The van der Waals surface area contributed by atoms with Crippen LogP contribution in [-0.2, 0) is 6.54 Å². The van der Waals surface area contributed by atoms with E-state index in [-0.39, 0.29) is 0 Å². The molecule has 0 bridgehead atoms. The Hall–Kier alpha value is -2.31. The van der Waals surface area contributed by atoms with Crippen LogP contribution in [0, 0.1) is 0 Å². The summed E-state index contributed by atoms with van der Waals surface area (Å²) in [6.45, 7) is 8.95. The van der Waals surface area contributed by atoms with Crippen molar-refractivity contribution in [2.24, 2.45) is 0 Å².